The van der Waals surface area contributed by atoms with Gasteiger partial charge in [0.15, 0.2) is 12.4 Å². The van der Waals surface area contributed by atoms with Crippen LogP contribution in [0.1, 0.15) is 11.1 Å². The lowest BCUT2D eigenvalue weighted by Crippen LogP contribution is -2.20. The number of rotatable bonds is 7. The van der Waals surface area contributed by atoms with Gasteiger partial charge in [0.05, 0.1) is 17.1 Å². The van der Waals surface area contributed by atoms with Crippen molar-refractivity contribution in [1.29, 1.82) is 0 Å². The van der Waals surface area contributed by atoms with Crippen LogP contribution in [0.2, 0.25) is 0 Å². The smallest absolute Gasteiger partial charge is 0.282 e. The van der Waals surface area contributed by atoms with Gasteiger partial charge in [-0.2, -0.15) is 9.78 Å². The van der Waals surface area contributed by atoms with Crippen molar-refractivity contribution in [3.8, 4) is 17.1 Å². The lowest BCUT2D eigenvalue weighted by Gasteiger charge is -2.10. The molecule has 1 N–H and O–H groups in total. The fourth-order valence-electron chi connectivity index (χ4n) is 3.86. The zero-order chi connectivity index (χ0) is 25.6. The summed E-state index contributed by atoms with van der Waals surface area (Å²) in [6, 6.07) is 31.4. The molecule has 7 heteroatoms. The van der Waals surface area contributed by atoms with E-state index in [0.29, 0.717) is 28.0 Å². The van der Waals surface area contributed by atoms with E-state index in [0.717, 1.165) is 16.8 Å². The van der Waals surface area contributed by atoms with Gasteiger partial charge in [0.2, 0.25) is 0 Å². The first-order valence-corrected chi connectivity index (χ1v) is 11.8. The van der Waals surface area contributed by atoms with E-state index in [-0.39, 0.29) is 18.1 Å². The maximum absolute atomic E-state index is 13.3. The lowest BCUT2D eigenvalue weighted by atomic mass is 10.2. The number of aromatic nitrogens is 2. The summed E-state index contributed by atoms with van der Waals surface area (Å²) >= 11 is 0. The van der Waals surface area contributed by atoms with Crippen molar-refractivity contribution >= 4 is 28.7 Å². The van der Waals surface area contributed by atoms with Crippen molar-refractivity contribution in [2.45, 2.75) is 6.92 Å². The van der Waals surface area contributed by atoms with E-state index >= 15 is 0 Å². The average molecular weight is 489 g/mol. The highest BCUT2D eigenvalue weighted by atomic mass is 16.5. The van der Waals surface area contributed by atoms with E-state index in [1.807, 2.05) is 79.7 Å². The molecule has 0 aliphatic heterocycles. The topological polar surface area (TPSA) is 85.6 Å². The number of carbonyl (C=O) groups excluding carboxylic acids is 1. The minimum absolute atomic E-state index is 0.138. The standard InChI is InChI=1S/C30H24N4O3/c1-21-10-5-7-16-26(21)32-28(35)20-37-24-14-9-11-22(18-24)19-31-34-29(23-12-3-2-4-13-23)33-27-17-8-6-15-25(27)30(34)36/h2-19H,20H2,1H3,(H,32,35). The Morgan fingerprint density at radius 3 is 2.54 bits per heavy atom. The summed E-state index contributed by atoms with van der Waals surface area (Å²) < 4.78 is 7.00. The highest BCUT2D eigenvalue weighted by Gasteiger charge is 2.12. The van der Waals surface area contributed by atoms with E-state index in [2.05, 4.69) is 10.4 Å². The molecule has 0 bridgehead atoms. The van der Waals surface area contributed by atoms with Gasteiger partial charge >= 0.3 is 0 Å². The molecule has 7 nitrogen and oxygen atoms in total. The second kappa shape index (κ2) is 10.7. The van der Waals surface area contributed by atoms with Crippen LogP contribution in [0, 0.1) is 6.92 Å². The van der Waals surface area contributed by atoms with Crippen LogP contribution in [0.4, 0.5) is 5.69 Å². The predicted octanol–water partition coefficient (Wildman–Crippen LogP) is 5.27. The van der Waals surface area contributed by atoms with Gasteiger partial charge in [-0.05, 0) is 48.4 Å². The maximum Gasteiger partial charge on any atom is 0.282 e. The number of nitrogens with zero attached hydrogens (tertiary/aromatic N) is 3. The number of nitrogens with one attached hydrogen (secondary N) is 1. The molecule has 0 spiro atoms. The van der Waals surface area contributed by atoms with Crippen LogP contribution >= 0.6 is 0 Å². The van der Waals surface area contributed by atoms with Gasteiger partial charge in [-0.3, -0.25) is 9.59 Å². The molecular weight excluding hydrogens is 464 g/mol. The minimum atomic E-state index is -0.263. The average Bonchev–Trinajstić information content (AvgIpc) is 2.93. The first-order chi connectivity index (χ1) is 18.1. The van der Waals surface area contributed by atoms with Gasteiger partial charge < -0.3 is 10.1 Å². The van der Waals surface area contributed by atoms with E-state index in [1.165, 1.54) is 4.68 Å². The van der Waals surface area contributed by atoms with E-state index in [4.69, 9.17) is 9.72 Å². The Morgan fingerprint density at radius 1 is 0.946 bits per heavy atom. The van der Waals surface area contributed by atoms with Gasteiger partial charge in [-0.1, -0.05) is 72.8 Å². The van der Waals surface area contributed by atoms with E-state index in [9.17, 15) is 9.59 Å². The summed E-state index contributed by atoms with van der Waals surface area (Å²) in [5.74, 6) is 0.701. The summed E-state index contributed by atoms with van der Waals surface area (Å²) in [6.45, 7) is 1.79. The number of hydrogen-bond acceptors (Lipinski definition) is 5. The lowest BCUT2D eigenvalue weighted by molar-refractivity contribution is -0.118. The second-order valence-corrected chi connectivity index (χ2v) is 8.40. The van der Waals surface area contributed by atoms with Crippen molar-refractivity contribution in [3.63, 3.8) is 0 Å². The van der Waals surface area contributed by atoms with Crippen molar-refractivity contribution in [2.75, 3.05) is 11.9 Å². The molecule has 0 atom stereocenters. The molecule has 0 aliphatic rings. The monoisotopic (exact) mass is 488 g/mol. The highest BCUT2D eigenvalue weighted by molar-refractivity contribution is 5.92. The van der Waals surface area contributed by atoms with Gasteiger partial charge in [0.1, 0.15) is 5.75 Å². The van der Waals surface area contributed by atoms with Gasteiger partial charge in [-0.15, -0.1) is 0 Å². The first-order valence-electron chi connectivity index (χ1n) is 11.8. The Morgan fingerprint density at radius 2 is 1.70 bits per heavy atom. The Bertz CT molecular complexity index is 1660. The molecule has 5 rings (SSSR count). The highest BCUT2D eigenvalue weighted by Crippen LogP contribution is 2.19. The molecule has 1 amide bonds. The quantitative estimate of drug-likeness (QED) is 0.316. The zero-order valence-corrected chi connectivity index (χ0v) is 20.2. The number of ether oxygens (including phenoxy) is 1. The SMILES string of the molecule is Cc1ccccc1NC(=O)COc1cccc(C=Nn2c(-c3ccccc3)nc3ccccc3c2=O)c1. The third-order valence-corrected chi connectivity index (χ3v) is 5.76. The van der Waals surface area contributed by atoms with E-state index in [1.54, 1.807) is 36.5 Å². The van der Waals surface area contributed by atoms with Crippen LogP contribution in [-0.2, 0) is 4.79 Å². The molecule has 0 saturated carbocycles. The van der Waals surface area contributed by atoms with E-state index < -0.39 is 0 Å². The largest absolute Gasteiger partial charge is 0.484 e. The third kappa shape index (κ3) is 5.46. The number of carbonyl (C=O) groups is 1. The molecule has 4 aromatic carbocycles. The summed E-state index contributed by atoms with van der Waals surface area (Å²) in [5.41, 5.74) is 3.55. The Balaban J connectivity index is 1.38. The molecule has 5 aromatic rings. The molecule has 0 radical (unpaired) electrons. The fraction of sp³-hybridized carbons (Fsp3) is 0.0667. The van der Waals surface area contributed by atoms with Crippen LogP contribution < -0.4 is 15.6 Å². The van der Waals surface area contributed by atoms with Crippen molar-refractivity contribution in [1.82, 2.24) is 9.66 Å². The van der Waals surface area contributed by atoms with Crippen LogP contribution in [0.25, 0.3) is 22.3 Å². The second-order valence-electron chi connectivity index (χ2n) is 8.40. The summed E-state index contributed by atoms with van der Waals surface area (Å²) in [5, 5.41) is 7.82. The normalized spacial score (nSPS) is 11.1. The Kier molecular flexibility index (Phi) is 6.85. The molecular formula is C30H24N4O3. The molecule has 1 aromatic heterocycles. The molecule has 182 valence electrons. The Hall–Kier alpha value is -5.04. The number of anilines is 1. The molecule has 1 heterocycles. The number of amides is 1. The molecule has 0 aliphatic carbocycles. The Labute approximate surface area is 213 Å². The number of hydrogen-bond donors (Lipinski definition) is 1. The fourth-order valence-corrected chi connectivity index (χ4v) is 3.86. The predicted molar refractivity (Wildman–Crippen MR) is 146 cm³/mol. The summed E-state index contributed by atoms with van der Waals surface area (Å²) in [6.07, 6.45) is 1.57. The number of fused-ring (bicyclic) bond motifs is 1. The van der Waals surface area contributed by atoms with Crippen molar-refractivity contribution in [2.24, 2.45) is 5.10 Å². The zero-order valence-electron chi connectivity index (χ0n) is 20.2. The molecule has 37 heavy (non-hydrogen) atoms. The minimum Gasteiger partial charge on any atom is -0.484 e. The summed E-state index contributed by atoms with van der Waals surface area (Å²) in [4.78, 5) is 30.4. The first kappa shape index (κ1) is 23.7. The number of aryl methyl sites for hydroxylation is 1. The van der Waals surface area contributed by atoms with Gasteiger partial charge in [0, 0.05) is 11.3 Å². The van der Waals surface area contributed by atoms with Crippen LogP contribution in [0.5, 0.6) is 5.75 Å². The van der Waals surface area contributed by atoms with Crippen molar-refractivity contribution < 1.29 is 9.53 Å². The van der Waals surface area contributed by atoms with Crippen LogP contribution in [0.15, 0.2) is 113 Å². The number of para-hydroxylation sites is 2. The number of benzene rings is 4. The molecule has 0 saturated heterocycles. The van der Waals surface area contributed by atoms with Gasteiger partial charge in [0.25, 0.3) is 11.5 Å². The molecule has 0 fully saturated rings. The maximum atomic E-state index is 13.3. The molecule has 0 unspecified atom stereocenters. The van der Waals surface area contributed by atoms with Crippen molar-refractivity contribution in [3.05, 3.63) is 125 Å². The van der Waals surface area contributed by atoms with Crippen LogP contribution in [0.3, 0.4) is 0 Å². The van der Waals surface area contributed by atoms with Crippen LogP contribution in [-0.4, -0.2) is 28.4 Å². The summed E-state index contributed by atoms with van der Waals surface area (Å²) in [7, 11) is 0. The van der Waals surface area contributed by atoms with Gasteiger partial charge in [-0.25, -0.2) is 4.98 Å². The third-order valence-electron chi connectivity index (χ3n) is 5.76.